The van der Waals surface area contributed by atoms with E-state index in [9.17, 15) is 0 Å². The standard InChI is InChI=1S/C9H8BrN3OS2/c1-14-9-8(11-5-6(10)12-9)13-16-7-3-2-4-15-7/h2-5H,1H3,(H,11,13). The second-order valence-corrected chi connectivity index (χ2v) is 5.55. The largest absolute Gasteiger partial charge is 0.478 e. The van der Waals surface area contributed by atoms with E-state index in [0.717, 1.165) is 4.21 Å². The monoisotopic (exact) mass is 317 g/mol. The molecule has 0 unspecified atom stereocenters. The molecular weight excluding hydrogens is 310 g/mol. The number of aromatic nitrogens is 2. The molecule has 7 heteroatoms. The van der Waals surface area contributed by atoms with Crippen LogP contribution in [0.15, 0.2) is 32.5 Å². The highest BCUT2D eigenvalue weighted by molar-refractivity contribution is 9.10. The van der Waals surface area contributed by atoms with Gasteiger partial charge >= 0.3 is 0 Å². The molecular formula is C9H8BrN3OS2. The molecule has 0 saturated carbocycles. The fourth-order valence-electron chi connectivity index (χ4n) is 0.984. The first kappa shape index (κ1) is 11.7. The molecule has 16 heavy (non-hydrogen) atoms. The predicted molar refractivity (Wildman–Crippen MR) is 70.1 cm³/mol. The van der Waals surface area contributed by atoms with Crippen LogP contribution in [-0.2, 0) is 0 Å². The normalized spacial score (nSPS) is 10.1. The summed E-state index contributed by atoms with van der Waals surface area (Å²) in [4.78, 5) is 8.34. The van der Waals surface area contributed by atoms with E-state index in [-0.39, 0.29) is 0 Å². The van der Waals surface area contributed by atoms with E-state index in [2.05, 4.69) is 30.6 Å². The molecule has 4 nitrogen and oxygen atoms in total. The zero-order valence-corrected chi connectivity index (χ0v) is 11.5. The van der Waals surface area contributed by atoms with Gasteiger partial charge in [0.15, 0.2) is 5.82 Å². The number of hydrogen-bond donors (Lipinski definition) is 1. The molecule has 0 bridgehead atoms. The summed E-state index contributed by atoms with van der Waals surface area (Å²) in [5.41, 5.74) is 0. The van der Waals surface area contributed by atoms with Gasteiger partial charge in [0.25, 0.3) is 5.88 Å². The van der Waals surface area contributed by atoms with E-state index in [4.69, 9.17) is 4.74 Å². The van der Waals surface area contributed by atoms with Crippen LogP contribution in [0, 0.1) is 0 Å². The van der Waals surface area contributed by atoms with Crippen LogP contribution in [0.5, 0.6) is 5.88 Å². The van der Waals surface area contributed by atoms with Gasteiger partial charge in [-0.15, -0.1) is 11.3 Å². The Morgan fingerprint density at radius 1 is 1.56 bits per heavy atom. The zero-order chi connectivity index (χ0) is 11.4. The second kappa shape index (κ2) is 5.51. The van der Waals surface area contributed by atoms with Gasteiger partial charge < -0.3 is 9.46 Å². The summed E-state index contributed by atoms with van der Waals surface area (Å²) in [5.74, 6) is 1.09. The number of rotatable bonds is 4. The van der Waals surface area contributed by atoms with Crippen molar-refractivity contribution in [2.75, 3.05) is 11.8 Å². The van der Waals surface area contributed by atoms with Crippen molar-refractivity contribution in [3.63, 3.8) is 0 Å². The summed E-state index contributed by atoms with van der Waals surface area (Å²) in [6.07, 6.45) is 1.62. The Morgan fingerprint density at radius 3 is 3.12 bits per heavy atom. The highest BCUT2D eigenvalue weighted by atomic mass is 79.9. The van der Waals surface area contributed by atoms with E-state index in [1.165, 1.54) is 11.9 Å². The summed E-state index contributed by atoms with van der Waals surface area (Å²) in [6, 6.07) is 4.03. The first-order chi connectivity index (χ1) is 7.79. The first-order valence-electron chi connectivity index (χ1n) is 4.32. The Morgan fingerprint density at radius 2 is 2.44 bits per heavy atom. The molecule has 0 aromatic carbocycles. The number of ether oxygens (including phenoxy) is 1. The summed E-state index contributed by atoms with van der Waals surface area (Å²) < 4.78 is 10.0. The maximum atomic E-state index is 5.12. The number of nitrogens with zero attached hydrogens (tertiary/aromatic N) is 2. The molecule has 0 amide bonds. The molecule has 0 aliphatic rings. The molecule has 0 radical (unpaired) electrons. The van der Waals surface area contributed by atoms with Gasteiger partial charge in [0, 0.05) is 0 Å². The van der Waals surface area contributed by atoms with Gasteiger partial charge in [-0.3, -0.25) is 0 Å². The third kappa shape index (κ3) is 2.87. The Labute approximate surface area is 110 Å². The third-order valence-corrected chi connectivity index (χ3v) is 3.86. The smallest absolute Gasteiger partial charge is 0.259 e. The van der Waals surface area contributed by atoms with Crippen LogP contribution in [0.25, 0.3) is 0 Å². The van der Waals surface area contributed by atoms with Crippen molar-refractivity contribution in [3.05, 3.63) is 28.3 Å². The molecule has 0 atom stereocenters. The Hall–Kier alpha value is -0.790. The number of methoxy groups -OCH3 is 1. The quantitative estimate of drug-likeness (QED) is 0.875. The number of halogens is 1. The van der Waals surface area contributed by atoms with Crippen molar-refractivity contribution in [3.8, 4) is 5.88 Å². The predicted octanol–water partition coefficient (Wildman–Crippen LogP) is 3.43. The van der Waals surface area contributed by atoms with E-state index >= 15 is 0 Å². The fourth-order valence-corrected chi connectivity index (χ4v) is 2.66. The van der Waals surface area contributed by atoms with Gasteiger partial charge in [0.2, 0.25) is 0 Å². The van der Waals surface area contributed by atoms with E-state index in [0.29, 0.717) is 16.3 Å². The first-order valence-corrected chi connectivity index (χ1v) is 6.81. The van der Waals surface area contributed by atoms with Crippen LogP contribution in [0.4, 0.5) is 5.82 Å². The van der Waals surface area contributed by atoms with Crippen molar-refractivity contribution < 1.29 is 4.74 Å². The number of hydrogen-bond acceptors (Lipinski definition) is 6. The van der Waals surface area contributed by atoms with E-state index in [1.54, 1.807) is 24.6 Å². The summed E-state index contributed by atoms with van der Waals surface area (Å²) in [6.45, 7) is 0. The fraction of sp³-hybridized carbons (Fsp3) is 0.111. The van der Waals surface area contributed by atoms with Crippen molar-refractivity contribution in [1.82, 2.24) is 9.97 Å². The molecule has 2 heterocycles. The summed E-state index contributed by atoms with van der Waals surface area (Å²) >= 11 is 6.39. The highest BCUT2D eigenvalue weighted by Crippen LogP contribution is 2.28. The summed E-state index contributed by atoms with van der Waals surface area (Å²) in [7, 11) is 1.57. The van der Waals surface area contributed by atoms with Crippen molar-refractivity contribution in [2.24, 2.45) is 0 Å². The van der Waals surface area contributed by atoms with Gasteiger partial charge in [-0.05, 0) is 39.3 Å². The average Bonchev–Trinajstić information content (AvgIpc) is 2.80. The molecule has 2 aromatic heterocycles. The molecule has 0 saturated heterocycles. The maximum Gasteiger partial charge on any atom is 0.259 e. The highest BCUT2D eigenvalue weighted by Gasteiger charge is 2.07. The lowest BCUT2D eigenvalue weighted by Gasteiger charge is -2.07. The van der Waals surface area contributed by atoms with Crippen LogP contribution in [0.2, 0.25) is 0 Å². The molecule has 0 aliphatic heterocycles. The van der Waals surface area contributed by atoms with Crippen LogP contribution in [-0.4, -0.2) is 17.1 Å². The molecule has 0 fully saturated rings. The minimum Gasteiger partial charge on any atom is -0.478 e. The Bertz CT molecular complexity index is 464. The number of thiophene rings is 1. The van der Waals surface area contributed by atoms with Crippen LogP contribution in [0.1, 0.15) is 0 Å². The van der Waals surface area contributed by atoms with Crippen LogP contribution >= 0.6 is 39.2 Å². The lowest BCUT2D eigenvalue weighted by atomic mass is 10.6. The molecule has 84 valence electrons. The van der Waals surface area contributed by atoms with Crippen LogP contribution < -0.4 is 9.46 Å². The SMILES string of the molecule is COc1nc(Br)cnc1NSc1cccs1. The van der Waals surface area contributed by atoms with Gasteiger partial charge in [0.1, 0.15) is 4.60 Å². The third-order valence-electron chi connectivity index (χ3n) is 1.65. The Kier molecular flexibility index (Phi) is 4.03. The van der Waals surface area contributed by atoms with Gasteiger partial charge in [-0.2, -0.15) is 0 Å². The lowest BCUT2D eigenvalue weighted by Crippen LogP contribution is -1.97. The van der Waals surface area contributed by atoms with Gasteiger partial charge in [-0.25, -0.2) is 9.97 Å². The zero-order valence-electron chi connectivity index (χ0n) is 8.31. The Balaban J connectivity index is 2.09. The minimum atomic E-state index is 0.471. The van der Waals surface area contributed by atoms with E-state index < -0.39 is 0 Å². The number of nitrogens with one attached hydrogen (secondary N) is 1. The van der Waals surface area contributed by atoms with Crippen molar-refractivity contribution in [2.45, 2.75) is 4.21 Å². The molecule has 0 spiro atoms. The molecule has 2 aromatic rings. The van der Waals surface area contributed by atoms with Gasteiger partial charge in [0.05, 0.1) is 17.5 Å². The average molecular weight is 318 g/mol. The number of anilines is 1. The molecule has 0 aliphatic carbocycles. The van der Waals surface area contributed by atoms with Crippen molar-refractivity contribution >= 4 is 45.0 Å². The van der Waals surface area contributed by atoms with Crippen molar-refractivity contribution in [1.29, 1.82) is 0 Å². The lowest BCUT2D eigenvalue weighted by molar-refractivity contribution is 0.397. The second-order valence-electron chi connectivity index (χ2n) is 2.69. The maximum absolute atomic E-state index is 5.12. The minimum absolute atomic E-state index is 0.471. The molecule has 2 rings (SSSR count). The van der Waals surface area contributed by atoms with Gasteiger partial charge in [-0.1, -0.05) is 6.07 Å². The molecule has 1 N–H and O–H groups in total. The van der Waals surface area contributed by atoms with Crippen LogP contribution in [0.3, 0.4) is 0 Å². The summed E-state index contributed by atoms with van der Waals surface area (Å²) in [5, 5.41) is 2.02. The topological polar surface area (TPSA) is 47.0 Å². The van der Waals surface area contributed by atoms with E-state index in [1.807, 2.05) is 17.5 Å².